The van der Waals surface area contributed by atoms with Crippen LogP contribution >= 0.6 is 7.92 Å². The van der Waals surface area contributed by atoms with Gasteiger partial charge in [-0.3, -0.25) is 4.98 Å². The molecule has 2 heterocycles. The number of pyridine rings is 1. The van der Waals surface area contributed by atoms with E-state index in [-0.39, 0.29) is 7.92 Å². The van der Waals surface area contributed by atoms with Crippen LogP contribution in [0.5, 0.6) is 0 Å². The lowest BCUT2D eigenvalue weighted by Gasteiger charge is -2.20. The second kappa shape index (κ2) is 4.40. The van der Waals surface area contributed by atoms with Crippen molar-refractivity contribution in [3.05, 3.63) is 30.1 Å². The van der Waals surface area contributed by atoms with Gasteiger partial charge < -0.3 is 0 Å². The fourth-order valence-corrected chi connectivity index (χ4v) is 5.25. The molecule has 0 saturated carbocycles. The number of aromatic nitrogens is 1. The highest BCUT2D eigenvalue weighted by Gasteiger charge is 2.29. The van der Waals surface area contributed by atoms with Gasteiger partial charge in [0.15, 0.2) is 0 Å². The average molecular weight is 207 g/mol. The Kier molecular flexibility index (Phi) is 3.18. The van der Waals surface area contributed by atoms with Gasteiger partial charge in [-0.25, -0.2) is 0 Å². The lowest BCUT2D eigenvalue weighted by molar-refractivity contribution is 0.777. The van der Waals surface area contributed by atoms with Crippen LogP contribution in [0.25, 0.3) is 0 Å². The monoisotopic (exact) mass is 207 g/mol. The van der Waals surface area contributed by atoms with Crippen molar-refractivity contribution in [1.29, 1.82) is 0 Å². The maximum atomic E-state index is 4.43. The third kappa shape index (κ3) is 2.15. The molecule has 0 spiro atoms. The average Bonchev–Trinajstić information content (AvgIpc) is 2.51. The lowest BCUT2D eigenvalue weighted by Crippen LogP contribution is -2.00. The van der Waals surface area contributed by atoms with Gasteiger partial charge in [0.1, 0.15) is 0 Å². The van der Waals surface area contributed by atoms with E-state index in [4.69, 9.17) is 0 Å². The van der Waals surface area contributed by atoms with Gasteiger partial charge in [-0.15, -0.1) is 0 Å². The van der Waals surface area contributed by atoms with Gasteiger partial charge in [0, 0.05) is 18.1 Å². The van der Waals surface area contributed by atoms with Gasteiger partial charge >= 0.3 is 0 Å². The first-order valence-corrected chi connectivity index (χ1v) is 7.09. The normalized spacial score (nSPS) is 28.1. The maximum absolute atomic E-state index is 4.43. The van der Waals surface area contributed by atoms with Crippen LogP contribution in [-0.4, -0.2) is 16.3 Å². The van der Waals surface area contributed by atoms with E-state index in [1.54, 1.807) is 0 Å². The van der Waals surface area contributed by atoms with E-state index in [2.05, 4.69) is 31.0 Å². The summed E-state index contributed by atoms with van der Waals surface area (Å²) in [5.74, 6) is 0. The summed E-state index contributed by atoms with van der Waals surface area (Å²) in [5, 5.41) is 0. The van der Waals surface area contributed by atoms with E-state index in [0.29, 0.717) is 0 Å². The zero-order valence-corrected chi connectivity index (χ0v) is 9.87. The molecule has 0 N–H and O–H groups in total. The molecule has 1 nitrogen and oxygen atoms in total. The third-order valence-corrected chi connectivity index (χ3v) is 6.68. The van der Waals surface area contributed by atoms with Crippen molar-refractivity contribution >= 4 is 7.92 Å². The Labute approximate surface area is 87.7 Å². The Bertz CT molecular complexity index is 276. The van der Waals surface area contributed by atoms with Crippen molar-refractivity contribution in [3.8, 4) is 0 Å². The fraction of sp³-hybridized carbons (Fsp3) is 0.583. The number of nitrogens with zero attached hydrogens (tertiary/aromatic N) is 1. The zero-order valence-electron chi connectivity index (χ0n) is 8.98. The molecule has 2 heteroatoms. The molecule has 76 valence electrons. The van der Waals surface area contributed by atoms with Crippen LogP contribution < -0.4 is 0 Å². The summed E-state index contributed by atoms with van der Waals surface area (Å²) in [6.07, 6.45) is 6.01. The van der Waals surface area contributed by atoms with E-state index in [0.717, 1.165) is 11.3 Å². The highest BCUT2D eigenvalue weighted by Crippen LogP contribution is 2.57. The highest BCUT2D eigenvalue weighted by molar-refractivity contribution is 7.58. The van der Waals surface area contributed by atoms with Crippen molar-refractivity contribution in [2.24, 2.45) is 0 Å². The van der Waals surface area contributed by atoms with Crippen LogP contribution in [0.1, 0.15) is 32.4 Å². The molecule has 2 rings (SSSR count). The van der Waals surface area contributed by atoms with Crippen molar-refractivity contribution in [2.75, 3.05) is 0 Å². The van der Waals surface area contributed by atoms with Crippen LogP contribution in [0.15, 0.2) is 24.4 Å². The molecule has 2 atom stereocenters. The largest absolute Gasteiger partial charge is 0.261 e. The molecule has 1 aromatic rings. The Morgan fingerprint density at radius 3 is 2.57 bits per heavy atom. The number of rotatable bonds is 2. The second-order valence-electron chi connectivity index (χ2n) is 4.27. The van der Waals surface area contributed by atoms with Crippen molar-refractivity contribution in [3.63, 3.8) is 0 Å². The summed E-state index contributed by atoms with van der Waals surface area (Å²) in [6.45, 7) is 4.83. The molecule has 1 fully saturated rings. The number of hydrogen-bond donors (Lipinski definition) is 0. The molecule has 1 aliphatic rings. The topological polar surface area (TPSA) is 12.9 Å². The SMILES string of the molecule is C[C@@H]1CC[C@@H](C)P1Cc1ccccn1. The minimum atomic E-state index is 0.194. The zero-order chi connectivity index (χ0) is 9.97. The van der Waals surface area contributed by atoms with Gasteiger partial charge in [-0.1, -0.05) is 27.8 Å². The van der Waals surface area contributed by atoms with E-state index < -0.39 is 0 Å². The van der Waals surface area contributed by atoms with E-state index in [1.807, 2.05) is 12.3 Å². The lowest BCUT2D eigenvalue weighted by atomic mass is 10.2. The van der Waals surface area contributed by atoms with Crippen LogP contribution in [0.3, 0.4) is 0 Å². The number of hydrogen-bond acceptors (Lipinski definition) is 1. The van der Waals surface area contributed by atoms with Crippen molar-refractivity contribution < 1.29 is 0 Å². The predicted molar refractivity (Wildman–Crippen MR) is 63.0 cm³/mol. The Balaban J connectivity index is 2.04. The van der Waals surface area contributed by atoms with Crippen LogP contribution in [0, 0.1) is 0 Å². The first kappa shape index (κ1) is 10.1. The summed E-state index contributed by atoms with van der Waals surface area (Å²) in [4.78, 5) is 4.43. The maximum Gasteiger partial charge on any atom is 0.0446 e. The highest BCUT2D eigenvalue weighted by atomic mass is 31.1. The molecule has 0 aliphatic carbocycles. The third-order valence-electron chi connectivity index (χ3n) is 3.21. The van der Waals surface area contributed by atoms with Crippen LogP contribution in [0.4, 0.5) is 0 Å². The van der Waals surface area contributed by atoms with Gasteiger partial charge in [0.05, 0.1) is 0 Å². The molecule has 0 radical (unpaired) electrons. The van der Waals surface area contributed by atoms with Crippen molar-refractivity contribution in [1.82, 2.24) is 4.98 Å². The summed E-state index contributed by atoms with van der Waals surface area (Å²) in [7, 11) is 0.194. The summed E-state index contributed by atoms with van der Waals surface area (Å²) in [6, 6.07) is 6.27. The fourth-order valence-electron chi connectivity index (χ4n) is 2.24. The molecular weight excluding hydrogens is 189 g/mol. The minimum Gasteiger partial charge on any atom is -0.261 e. The van der Waals surface area contributed by atoms with E-state index in [9.17, 15) is 0 Å². The molecule has 0 bridgehead atoms. The first-order chi connectivity index (χ1) is 6.77. The predicted octanol–water partition coefficient (Wildman–Crippen LogP) is 3.63. The minimum absolute atomic E-state index is 0.194. The van der Waals surface area contributed by atoms with Gasteiger partial charge in [-0.2, -0.15) is 0 Å². The second-order valence-corrected chi connectivity index (χ2v) is 7.38. The molecule has 0 amide bonds. The van der Waals surface area contributed by atoms with Crippen LogP contribution in [-0.2, 0) is 6.16 Å². The Morgan fingerprint density at radius 2 is 2.00 bits per heavy atom. The molecular formula is C12H18NP. The van der Waals surface area contributed by atoms with Gasteiger partial charge in [-0.05, 0) is 36.3 Å². The molecule has 14 heavy (non-hydrogen) atoms. The van der Waals surface area contributed by atoms with Crippen molar-refractivity contribution in [2.45, 2.75) is 44.2 Å². The summed E-state index contributed by atoms with van der Waals surface area (Å²) in [5.41, 5.74) is 3.18. The molecule has 1 aromatic heterocycles. The standard InChI is InChI=1S/C12H18NP/c1-10-6-7-11(2)14(10)9-12-5-3-4-8-13-12/h3-5,8,10-11H,6-7,9H2,1-2H3/t10-,11-/m1/s1. The molecule has 0 aromatic carbocycles. The molecule has 0 unspecified atom stereocenters. The first-order valence-electron chi connectivity index (χ1n) is 5.43. The van der Waals surface area contributed by atoms with Gasteiger partial charge in [0.2, 0.25) is 0 Å². The molecule has 1 aliphatic heterocycles. The quantitative estimate of drug-likeness (QED) is 0.675. The van der Waals surface area contributed by atoms with Crippen LogP contribution in [0.2, 0.25) is 0 Å². The Morgan fingerprint density at radius 1 is 1.29 bits per heavy atom. The smallest absolute Gasteiger partial charge is 0.0446 e. The van der Waals surface area contributed by atoms with E-state index in [1.165, 1.54) is 24.7 Å². The molecule has 1 saturated heterocycles. The Hall–Kier alpha value is -0.420. The summed E-state index contributed by atoms with van der Waals surface area (Å²) < 4.78 is 0. The van der Waals surface area contributed by atoms with Gasteiger partial charge in [0.25, 0.3) is 0 Å². The van der Waals surface area contributed by atoms with E-state index >= 15 is 0 Å². The summed E-state index contributed by atoms with van der Waals surface area (Å²) >= 11 is 0.